The second kappa shape index (κ2) is 7.26. The molecular weight excluding hydrogens is 262 g/mol. The Hall–Kier alpha value is -1.39. The molecular formula is C14H18ClN3O. The summed E-state index contributed by atoms with van der Waals surface area (Å²) in [7, 11) is 0. The summed E-state index contributed by atoms with van der Waals surface area (Å²) in [5.74, 6) is -0.0693. The highest BCUT2D eigenvalue weighted by Crippen LogP contribution is 2.09. The van der Waals surface area contributed by atoms with E-state index in [2.05, 4.69) is 15.4 Å². The molecule has 1 saturated heterocycles. The molecule has 0 atom stereocenters. The van der Waals surface area contributed by atoms with E-state index < -0.39 is 0 Å². The minimum atomic E-state index is -0.0693. The van der Waals surface area contributed by atoms with E-state index in [-0.39, 0.29) is 5.91 Å². The van der Waals surface area contributed by atoms with Crippen LogP contribution in [0.1, 0.15) is 24.8 Å². The van der Waals surface area contributed by atoms with Crippen LogP contribution in [0.25, 0.3) is 0 Å². The van der Waals surface area contributed by atoms with E-state index >= 15 is 0 Å². The van der Waals surface area contributed by atoms with Crippen molar-refractivity contribution in [1.82, 2.24) is 10.3 Å². The Balaban J connectivity index is 1.76. The maximum absolute atomic E-state index is 11.7. The number of carbonyl (C=O) groups excluding carboxylic acids is 1. The van der Waals surface area contributed by atoms with Gasteiger partial charge in [0.25, 0.3) is 5.91 Å². The fourth-order valence-corrected chi connectivity index (χ4v) is 2.32. The first-order chi connectivity index (χ1) is 9.24. The number of likely N-dealkylation sites (tertiary alicyclic amines) is 1. The molecule has 1 amide bonds. The molecule has 1 aromatic carbocycles. The van der Waals surface area contributed by atoms with Crippen molar-refractivity contribution in [3.63, 3.8) is 0 Å². The molecule has 0 aromatic heterocycles. The van der Waals surface area contributed by atoms with Gasteiger partial charge in [-0.2, -0.15) is 5.10 Å². The third-order valence-electron chi connectivity index (χ3n) is 3.07. The van der Waals surface area contributed by atoms with Crippen molar-refractivity contribution in [3.8, 4) is 0 Å². The number of hydrazone groups is 1. The first kappa shape index (κ1) is 14.0. The van der Waals surface area contributed by atoms with Crippen LogP contribution in [0, 0.1) is 0 Å². The standard InChI is InChI=1S/C14H18ClN3O/c15-13-6-4-5-12(9-13)10-16-17-14(19)11-18-7-2-1-3-8-18/h4-6,9-10H,1-3,7-8,11H2,(H,17,19)/b16-10+. The zero-order chi connectivity index (χ0) is 13.5. The number of piperidine rings is 1. The van der Waals surface area contributed by atoms with Crippen molar-refractivity contribution in [1.29, 1.82) is 0 Å². The number of nitrogens with zero attached hydrogens (tertiary/aromatic N) is 2. The fourth-order valence-electron chi connectivity index (χ4n) is 2.12. The molecule has 19 heavy (non-hydrogen) atoms. The molecule has 0 bridgehead atoms. The summed E-state index contributed by atoms with van der Waals surface area (Å²) in [6.45, 7) is 2.43. The monoisotopic (exact) mass is 279 g/mol. The zero-order valence-electron chi connectivity index (χ0n) is 10.8. The van der Waals surface area contributed by atoms with Crippen LogP contribution in [0.15, 0.2) is 29.4 Å². The molecule has 1 fully saturated rings. The van der Waals surface area contributed by atoms with Gasteiger partial charge >= 0.3 is 0 Å². The van der Waals surface area contributed by atoms with Crippen LogP contribution in [-0.4, -0.2) is 36.7 Å². The van der Waals surface area contributed by atoms with Crippen LogP contribution in [0.2, 0.25) is 5.02 Å². The van der Waals surface area contributed by atoms with Crippen LogP contribution in [-0.2, 0) is 4.79 Å². The Bertz CT molecular complexity index is 456. The Labute approximate surface area is 118 Å². The van der Waals surface area contributed by atoms with E-state index in [1.165, 1.54) is 19.3 Å². The first-order valence-corrected chi connectivity index (χ1v) is 6.92. The summed E-state index contributed by atoms with van der Waals surface area (Å²) in [5, 5.41) is 4.59. The van der Waals surface area contributed by atoms with Crippen molar-refractivity contribution < 1.29 is 4.79 Å². The van der Waals surface area contributed by atoms with Crippen molar-refractivity contribution in [3.05, 3.63) is 34.9 Å². The van der Waals surface area contributed by atoms with E-state index in [9.17, 15) is 4.79 Å². The first-order valence-electron chi connectivity index (χ1n) is 6.54. The Morgan fingerprint density at radius 3 is 2.89 bits per heavy atom. The van der Waals surface area contributed by atoms with E-state index in [1.807, 2.05) is 12.1 Å². The molecule has 1 heterocycles. The highest BCUT2D eigenvalue weighted by Gasteiger charge is 2.12. The van der Waals surface area contributed by atoms with Gasteiger partial charge in [0.15, 0.2) is 0 Å². The lowest BCUT2D eigenvalue weighted by Gasteiger charge is -2.25. The number of carbonyl (C=O) groups is 1. The largest absolute Gasteiger partial charge is 0.294 e. The average molecular weight is 280 g/mol. The summed E-state index contributed by atoms with van der Waals surface area (Å²) < 4.78 is 0. The molecule has 0 unspecified atom stereocenters. The molecule has 5 heteroatoms. The molecule has 1 aromatic rings. The normalized spacial score (nSPS) is 16.7. The quantitative estimate of drug-likeness (QED) is 0.679. The minimum absolute atomic E-state index is 0.0693. The maximum atomic E-state index is 11.7. The fraction of sp³-hybridized carbons (Fsp3) is 0.429. The molecule has 4 nitrogen and oxygen atoms in total. The zero-order valence-corrected chi connectivity index (χ0v) is 11.6. The second-order valence-corrected chi connectivity index (χ2v) is 5.12. The summed E-state index contributed by atoms with van der Waals surface area (Å²) in [6.07, 6.45) is 5.23. The predicted molar refractivity (Wildman–Crippen MR) is 77.5 cm³/mol. The van der Waals surface area contributed by atoms with Crippen LogP contribution >= 0.6 is 11.6 Å². The predicted octanol–water partition coefficient (Wildman–Crippen LogP) is 2.28. The molecule has 0 radical (unpaired) electrons. The highest BCUT2D eigenvalue weighted by molar-refractivity contribution is 6.30. The van der Waals surface area contributed by atoms with Gasteiger partial charge in [0, 0.05) is 5.02 Å². The molecule has 1 N–H and O–H groups in total. The second-order valence-electron chi connectivity index (χ2n) is 4.68. The van der Waals surface area contributed by atoms with Crippen LogP contribution in [0.5, 0.6) is 0 Å². The van der Waals surface area contributed by atoms with Gasteiger partial charge < -0.3 is 0 Å². The van der Waals surface area contributed by atoms with Crippen LogP contribution < -0.4 is 5.43 Å². The number of hydrogen-bond acceptors (Lipinski definition) is 3. The SMILES string of the molecule is O=C(CN1CCCCC1)N/N=C/c1cccc(Cl)c1. The lowest BCUT2D eigenvalue weighted by Crippen LogP contribution is -2.38. The Morgan fingerprint density at radius 2 is 2.16 bits per heavy atom. The number of nitrogens with one attached hydrogen (secondary N) is 1. The van der Waals surface area contributed by atoms with Gasteiger partial charge in [0.05, 0.1) is 12.8 Å². The van der Waals surface area contributed by atoms with Crippen molar-refractivity contribution in [2.75, 3.05) is 19.6 Å². The van der Waals surface area contributed by atoms with Gasteiger partial charge in [-0.25, -0.2) is 5.43 Å². The molecule has 2 rings (SSSR count). The van der Waals surface area contributed by atoms with Gasteiger partial charge in [-0.3, -0.25) is 9.69 Å². The van der Waals surface area contributed by atoms with Gasteiger partial charge in [-0.15, -0.1) is 0 Å². The van der Waals surface area contributed by atoms with Gasteiger partial charge in [0.2, 0.25) is 0 Å². The minimum Gasteiger partial charge on any atom is -0.294 e. The molecule has 1 aliphatic heterocycles. The van der Waals surface area contributed by atoms with Crippen molar-refractivity contribution >= 4 is 23.7 Å². The summed E-state index contributed by atoms with van der Waals surface area (Å²) in [5.41, 5.74) is 3.41. The lowest BCUT2D eigenvalue weighted by atomic mass is 10.1. The molecule has 102 valence electrons. The molecule has 0 spiro atoms. The Kier molecular flexibility index (Phi) is 5.36. The molecule has 0 aliphatic carbocycles. The number of amides is 1. The average Bonchev–Trinajstić information content (AvgIpc) is 2.40. The van der Waals surface area contributed by atoms with E-state index in [1.54, 1.807) is 18.3 Å². The third-order valence-corrected chi connectivity index (χ3v) is 3.30. The number of hydrogen-bond donors (Lipinski definition) is 1. The number of halogens is 1. The smallest absolute Gasteiger partial charge is 0.254 e. The van der Waals surface area contributed by atoms with Crippen LogP contribution in [0.3, 0.4) is 0 Å². The third kappa shape index (κ3) is 5.01. The molecule has 1 aliphatic rings. The van der Waals surface area contributed by atoms with Gasteiger partial charge in [-0.1, -0.05) is 30.2 Å². The van der Waals surface area contributed by atoms with E-state index in [0.29, 0.717) is 11.6 Å². The van der Waals surface area contributed by atoms with Gasteiger partial charge in [-0.05, 0) is 43.6 Å². The lowest BCUT2D eigenvalue weighted by molar-refractivity contribution is -0.122. The van der Waals surface area contributed by atoms with Crippen LogP contribution in [0.4, 0.5) is 0 Å². The van der Waals surface area contributed by atoms with E-state index in [0.717, 1.165) is 18.7 Å². The van der Waals surface area contributed by atoms with Gasteiger partial charge in [0.1, 0.15) is 0 Å². The van der Waals surface area contributed by atoms with E-state index in [4.69, 9.17) is 11.6 Å². The summed E-state index contributed by atoms with van der Waals surface area (Å²) in [4.78, 5) is 13.8. The molecule has 0 saturated carbocycles. The van der Waals surface area contributed by atoms with Crippen molar-refractivity contribution in [2.45, 2.75) is 19.3 Å². The highest BCUT2D eigenvalue weighted by atomic mass is 35.5. The van der Waals surface area contributed by atoms with Crippen molar-refractivity contribution in [2.24, 2.45) is 5.10 Å². The summed E-state index contributed by atoms with van der Waals surface area (Å²) >= 11 is 5.86. The maximum Gasteiger partial charge on any atom is 0.254 e. The number of rotatable bonds is 4. The number of benzene rings is 1. The topological polar surface area (TPSA) is 44.7 Å². The summed E-state index contributed by atoms with van der Waals surface area (Å²) in [6, 6.07) is 7.32. The Morgan fingerprint density at radius 1 is 1.37 bits per heavy atom.